The zero-order valence-electron chi connectivity index (χ0n) is 70.0. The van der Waals surface area contributed by atoms with Crippen LogP contribution in [0.5, 0.6) is 5.75 Å². The molecule has 0 atom stereocenters. The molecule has 37 nitrogen and oxygen atoms in total. The molecule has 0 spiro atoms. The van der Waals surface area contributed by atoms with Crippen LogP contribution in [0.15, 0.2) is 228 Å². The van der Waals surface area contributed by atoms with Gasteiger partial charge < -0.3 is 40.7 Å². The van der Waals surface area contributed by atoms with E-state index < -0.39 is 17.7 Å². The number of likely N-dealkylation sites (tertiary alicyclic amines) is 1. The van der Waals surface area contributed by atoms with Crippen LogP contribution in [0, 0.1) is 0 Å². The number of carbonyl (C=O) groups is 6. The van der Waals surface area contributed by atoms with Crippen LogP contribution in [0.4, 0.5) is 35.0 Å². The SMILES string of the molecule is CC(C)(C)OC(=O)N1CC(n2cc(NC(=O)c3csc(-c4cn[nH]c4)n3)c(-c3ccccn3)n2)C1.COc1ccc(Cn2cc(-c3nc(C(=O)NC4=CCN=C4c4ccccn4)cs3)cn2)cc1.O=C(Nc1cn(C2CCC2)nc1-c1ccccn1)c1csc(-c2cn[nH]c2)n1.O=C(Nc1cn(C2CCC2)nc1-c1ccccn1)c1csc(-c2cn[nH]c2)n1.O=C(O)C(F)(F)F. The summed E-state index contributed by atoms with van der Waals surface area (Å²) < 4.78 is 49.9. The number of anilines is 3. The lowest BCUT2D eigenvalue weighted by atomic mass is 9.93. The number of alkyl halides is 3. The van der Waals surface area contributed by atoms with E-state index in [2.05, 4.69) is 102 Å². The number of rotatable bonds is 22. The highest BCUT2D eigenvalue weighted by Gasteiger charge is 2.39. The molecule has 0 unspecified atom stereocenters. The van der Waals surface area contributed by atoms with Gasteiger partial charge in [-0.05, 0) is 132 Å². The predicted octanol–water partition coefficient (Wildman–Crippen LogP) is 15.6. The molecule has 1 aromatic carbocycles. The van der Waals surface area contributed by atoms with Crippen molar-refractivity contribution < 1.29 is 56.5 Å². The maximum absolute atomic E-state index is 13.0. The first-order valence-corrected chi connectivity index (χ1v) is 44.1. The number of hydrogen-bond acceptors (Lipinski definition) is 28. The predicted molar refractivity (Wildman–Crippen MR) is 482 cm³/mol. The van der Waals surface area contributed by atoms with Crippen molar-refractivity contribution in [2.45, 2.75) is 95.7 Å². The number of benzene rings is 1. The van der Waals surface area contributed by atoms with Crippen molar-refractivity contribution in [3.8, 4) is 82.2 Å². The average Bonchev–Trinajstić information content (AvgIpc) is 1.65. The van der Waals surface area contributed by atoms with Gasteiger partial charge in [-0.25, -0.2) is 29.5 Å². The Morgan fingerprint density at radius 2 is 0.885 bits per heavy atom. The van der Waals surface area contributed by atoms with Crippen molar-refractivity contribution in [3.63, 3.8) is 0 Å². The Hall–Kier alpha value is -15.6. The molecular formula is C87H79F3N28O9S4. The molecule has 20 rings (SSSR count). The van der Waals surface area contributed by atoms with E-state index in [0.717, 1.165) is 91.4 Å². The average molecular weight is 1850 g/mol. The van der Waals surface area contributed by atoms with Gasteiger partial charge in [0.1, 0.15) is 77.0 Å². The Labute approximate surface area is 758 Å². The van der Waals surface area contributed by atoms with Gasteiger partial charge in [0.15, 0.2) is 0 Å². The van der Waals surface area contributed by atoms with Gasteiger partial charge in [-0.15, -0.1) is 45.3 Å². The first-order valence-electron chi connectivity index (χ1n) is 40.6. The van der Waals surface area contributed by atoms with E-state index in [4.69, 9.17) is 34.7 Å². The summed E-state index contributed by atoms with van der Waals surface area (Å²) in [5, 5.41) is 67.3. The number of amides is 5. The lowest BCUT2D eigenvalue weighted by Gasteiger charge is -2.39. The normalized spacial score (nSPS) is 13.6. The van der Waals surface area contributed by atoms with Crippen LogP contribution in [0.1, 0.15) is 131 Å². The van der Waals surface area contributed by atoms with E-state index in [-0.39, 0.29) is 35.8 Å². The van der Waals surface area contributed by atoms with Gasteiger partial charge >= 0.3 is 18.2 Å². The second-order valence-electron chi connectivity index (χ2n) is 30.5. The van der Waals surface area contributed by atoms with E-state index in [0.29, 0.717) is 117 Å². The number of halogens is 3. The van der Waals surface area contributed by atoms with Crippen LogP contribution in [-0.4, -0.2) is 200 Å². The fourth-order valence-corrected chi connectivity index (χ4v) is 16.2. The molecule has 17 heterocycles. The van der Waals surface area contributed by atoms with Gasteiger partial charge in [-0.2, -0.15) is 48.9 Å². The first-order chi connectivity index (χ1) is 63.5. The van der Waals surface area contributed by atoms with E-state index in [1.54, 1.807) is 113 Å². The number of methoxy groups -OCH3 is 1. The number of hydrogen-bond donors (Lipinski definition) is 8. The maximum Gasteiger partial charge on any atom is 0.490 e. The zero-order chi connectivity index (χ0) is 91.1. The van der Waals surface area contributed by atoms with E-state index >= 15 is 0 Å². The second-order valence-corrected chi connectivity index (χ2v) is 33.9. The quantitative estimate of drug-likeness (QED) is 0.0312. The van der Waals surface area contributed by atoms with Crippen molar-refractivity contribution in [2.75, 3.05) is 42.7 Å². The topological polar surface area (TPSA) is 465 Å². The first kappa shape index (κ1) is 88.8. The Bertz CT molecular complexity index is 6490. The number of thiazole rings is 4. The number of nitrogens with one attached hydrogen (secondary N) is 7. The van der Waals surface area contributed by atoms with Gasteiger partial charge in [0.2, 0.25) is 0 Å². The van der Waals surface area contributed by atoms with E-state index in [1.165, 1.54) is 58.2 Å². The number of aliphatic carboxylic acids is 1. The molecule has 1 saturated heterocycles. The molecule has 2 saturated carbocycles. The standard InChI is InChI=1S/C24H20N6O2S.C23H24N8O3S.2C19H17N7OS.C2HF3O2/c1-32-18-7-5-16(6-8-18)13-30-14-17(12-27-30)24-29-21(15-33-24)23(31)28-20-9-11-26-22(20)19-4-2-3-10-25-19;1-23(2,3)34-22(33)30-10-15(11-30)31-12-17(19(29-31)16-6-4-5-7-24-16)27-20(32)18-13-35-21(28-18)14-8-25-26-9-14;2*27-18(16-11-28-19(24-16)12-8-21-22-9-12)23-15-10-26(13-4-3-5-13)25-17(15)14-6-1-2-7-20-14;3-2(4,5)1(6)7/h2-10,12,14-15H,11,13H2,1H3,(H,28,31);4-9,12-13,15H,10-11H2,1-3H3,(H,25,26)(H,27,32);2*1-2,6-11,13H,3-5H2,(H,21,22)(H,23,27);(H,6,7). The Balaban J connectivity index is 0.000000125. The van der Waals surface area contributed by atoms with Crippen molar-refractivity contribution in [2.24, 2.45) is 4.99 Å². The largest absolute Gasteiger partial charge is 0.497 e. The summed E-state index contributed by atoms with van der Waals surface area (Å²) in [5.74, 6) is -3.10. The highest BCUT2D eigenvalue weighted by atomic mass is 32.1. The van der Waals surface area contributed by atoms with Gasteiger partial charge in [-0.1, -0.05) is 36.4 Å². The summed E-state index contributed by atoms with van der Waals surface area (Å²) in [5.41, 5.74) is 13.2. The molecule has 2 aliphatic heterocycles. The van der Waals surface area contributed by atoms with Crippen molar-refractivity contribution in [1.29, 1.82) is 0 Å². The summed E-state index contributed by atoms with van der Waals surface area (Å²) in [4.78, 5) is 114. The minimum atomic E-state index is -5.08. The van der Waals surface area contributed by atoms with Gasteiger partial charge in [0.05, 0.1) is 109 Å². The van der Waals surface area contributed by atoms with Gasteiger partial charge in [0, 0.05) is 125 Å². The van der Waals surface area contributed by atoms with E-state index in [9.17, 15) is 37.1 Å². The van der Waals surface area contributed by atoms with Crippen molar-refractivity contribution in [1.82, 2.24) is 120 Å². The smallest absolute Gasteiger partial charge is 0.490 e. The number of carboxylic acids is 1. The minimum absolute atomic E-state index is 0.0393. The van der Waals surface area contributed by atoms with Crippen LogP contribution in [0.3, 0.4) is 0 Å². The fourth-order valence-electron chi connectivity index (χ4n) is 13.1. The molecular weight excluding hydrogens is 1770 g/mol. The summed E-state index contributed by atoms with van der Waals surface area (Å²) in [6.07, 6.45) is 29.6. The molecule has 131 heavy (non-hydrogen) atoms. The molecule has 5 amide bonds. The van der Waals surface area contributed by atoms with Crippen molar-refractivity contribution in [3.05, 3.63) is 257 Å². The molecule has 666 valence electrons. The van der Waals surface area contributed by atoms with Gasteiger partial charge in [0.25, 0.3) is 23.6 Å². The van der Waals surface area contributed by atoms with E-state index in [1.807, 2.05) is 157 Å². The number of carbonyl (C=O) groups excluding carboxylic acids is 5. The fraction of sp³-hybridized carbons (Fsp3) is 0.218. The van der Waals surface area contributed by atoms with Crippen LogP contribution < -0.4 is 26.0 Å². The number of ether oxygens (including phenoxy) is 2. The van der Waals surface area contributed by atoms with Crippen molar-refractivity contribution >= 4 is 104 Å². The van der Waals surface area contributed by atoms with Crippen LogP contribution in [0.25, 0.3) is 76.4 Å². The third-order valence-corrected chi connectivity index (χ3v) is 23.8. The molecule has 16 aromatic rings. The molecule has 8 N–H and O–H groups in total. The van der Waals surface area contributed by atoms with Gasteiger partial charge in [-0.3, -0.25) is 78.1 Å². The number of carboxylic acid groups (broad SMARTS) is 1. The number of pyridine rings is 4. The molecule has 3 fully saturated rings. The highest BCUT2D eigenvalue weighted by Crippen LogP contribution is 2.39. The van der Waals surface area contributed by atoms with Crippen LogP contribution in [-0.2, 0) is 16.1 Å². The summed E-state index contributed by atoms with van der Waals surface area (Å²) in [6.45, 7) is 7.58. The highest BCUT2D eigenvalue weighted by molar-refractivity contribution is 7.14. The summed E-state index contributed by atoms with van der Waals surface area (Å²) in [7, 11) is 1.65. The number of nitrogens with zero attached hydrogens (tertiary/aromatic N) is 21. The minimum Gasteiger partial charge on any atom is -0.497 e. The molecule has 4 aliphatic rings. The number of aromatic amines is 3. The second kappa shape index (κ2) is 40.2. The third kappa shape index (κ3) is 22.2. The molecule has 15 aromatic heterocycles. The van der Waals surface area contributed by atoms with Crippen LogP contribution >= 0.6 is 45.3 Å². The molecule has 44 heteroatoms. The summed E-state index contributed by atoms with van der Waals surface area (Å²) >= 11 is 5.58. The number of aromatic nitrogens is 22. The zero-order valence-corrected chi connectivity index (χ0v) is 73.2. The maximum atomic E-state index is 13.0. The third-order valence-electron chi connectivity index (χ3n) is 20.2. The monoisotopic (exact) mass is 1840 g/mol. The molecule has 0 radical (unpaired) electrons. The van der Waals surface area contributed by atoms with Crippen LogP contribution in [0.2, 0.25) is 0 Å². The lowest BCUT2D eigenvalue weighted by Crippen LogP contribution is -2.52. The number of H-pyrrole nitrogens is 3. The molecule has 0 bridgehead atoms. The Morgan fingerprint density at radius 1 is 0.496 bits per heavy atom. The Kier molecular flexibility index (Phi) is 27.2. The molecule has 2 aliphatic carbocycles. The Morgan fingerprint density at radius 3 is 1.24 bits per heavy atom. The number of aliphatic imine (C=N–C) groups is 1. The number of allylic oxidation sites excluding steroid dienone is 1. The summed E-state index contributed by atoms with van der Waals surface area (Å²) in [6, 6.07) is 31.0. The lowest BCUT2D eigenvalue weighted by molar-refractivity contribution is -0.192.